The Morgan fingerprint density at radius 1 is 0.968 bits per heavy atom. The summed E-state index contributed by atoms with van der Waals surface area (Å²) in [5, 5.41) is 48.5. The van der Waals surface area contributed by atoms with Crippen LogP contribution in [0.25, 0.3) is 22.1 Å². The van der Waals surface area contributed by atoms with Crippen LogP contribution >= 0.6 is 0 Å². The molecule has 1 fully saturated rings. The molecule has 0 radical (unpaired) electrons. The molecule has 5 N–H and O–H groups in total. The van der Waals surface area contributed by atoms with Gasteiger partial charge in [-0.05, 0) is 29.8 Å². The SMILES string of the molecule is O=C(O)C1O[C@@H](Oc2ccc(-c3coc4cc(O)ccc4c3=O)cc2)C(O)C(O)[C@@H]1O. The Balaban J connectivity index is 1.57. The zero-order valence-corrected chi connectivity index (χ0v) is 15.8. The summed E-state index contributed by atoms with van der Waals surface area (Å²) in [6.07, 6.45) is -7.32. The van der Waals surface area contributed by atoms with Crippen molar-refractivity contribution in [3.63, 3.8) is 0 Å². The van der Waals surface area contributed by atoms with Crippen molar-refractivity contribution in [2.75, 3.05) is 0 Å². The molecule has 31 heavy (non-hydrogen) atoms. The van der Waals surface area contributed by atoms with E-state index < -0.39 is 36.7 Å². The number of phenolic OH excluding ortho intramolecular Hbond substituents is 1. The van der Waals surface area contributed by atoms with E-state index in [9.17, 15) is 30.0 Å². The van der Waals surface area contributed by atoms with Crippen molar-refractivity contribution in [2.45, 2.75) is 30.7 Å². The van der Waals surface area contributed by atoms with Crippen LogP contribution in [0, 0.1) is 0 Å². The molecule has 5 atom stereocenters. The van der Waals surface area contributed by atoms with E-state index in [2.05, 4.69) is 0 Å². The van der Waals surface area contributed by atoms with Crippen molar-refractivity contribution < 1.29 is 44.2 Å². The number of ether oxygens (including phenoxy) is 2. The van der Waals surface area contributed by atoms with Crippen molar-refractivity contribution >= 4 is 16.9 Å². The fourth-order valence-electron chi connectivity index (χ4n) is 3.31. The smallest absolute Gasteiger partial charge is 0.335 e. The fourth-order valence-corrected chi connectivity index (χ4v) is 3.31. The Morgan fingerprint density at radius 2 is 1.68 bits per heavy atom. The Bertz CT molecular complexity index is 1170. The second kappa shape index (κ2) is 8.00. The molecular weight excluding hydrogens is 412 g/mol. The normalized spacial score (nSPS) is 26.0. The summed E-state index contributed by atoms with van der Waals surface area (Å²) < 4.78 is 15.9. The molecule has 3 aromatic rings. The molecule has 1 aromatic heterocycles. The average Bonchev–Trinajstić information content (AvgIpc) is 2.74. The molecule has 0 saturated carbocycles. The highest BCUT2D eigenvalue weighted by atomic mass is 16.7. The maximum Gasteiger partial charge on any atom is 0.335 e. The van der Waals surface area contributed by atoms with E-state index in [0.29, 0.717) is 10.9 Å². The predicted molar refractivity (Wildman–Crippen MR) is 105 cm³/mol. The number of benzene rings is 2. The Morgan fingerprint density at radius 3 is 2.35 bits per heavy atom. The highest BCUT2D eigenvalue weighted by Crippen LogP contribution is 2.27. The molecule has 0 bridgehead atoms. The molecule has 1 aliphatic rings. The maximum atomic E-state index is 12.7. The van der Waals surface area contributed by atoms with Crippen LogP contribution in [0.3, 0.4) is 0 Å². The predicted octanol–water partition coefficient (Wildman–Crippen LogP) is 0.437. The molecule has 162 valence electrons. The van der Waals surface area contributed by atoms with Gasteiger partial charge in [-0.25, -0.2) is 4.79 Å². The van der Waals surface area contributed by atoms with Crippen molar-refractivity contribution in [3.8, 4) is 22.6 Å². The van der Waals surface area contributed by atoms with E-state index >= 15 is 0 Å². The van der Waals surface area contributed by atoms with Crippen LogP contribution in [0.5, 0.6) is 11.5 Å². The van der Waals surface area contributed by atoms with E-state index in [0.717, 1.165) is 0 Å². The maximum absolute atomic E-state index is 12.7. The van der Waals surface area contributed by atoms with Crippen molar-refractivity contribution in [1.82, 2.24) is 0 Å². The number of carbonyl (C=O) groups is 1. The molecule has 4 rings (SSSR count). The molecule has 0 spiro atoms. The van der Waals surface area contributed by atoms with Crippen LogP contribution in [-0.4, -0.2) is 62.2 Å². The van der Waals surface area contributed by atoms with Gasteiger partial charge < -0.3 is 39.4 Å². The van der Waals surface area contributed by atoms with E-state index in [1.165, 1.54) is 36.6 Å². The van der Waals surface area contributed by atoms with Crippen LogP contribution in [0.15, 0.2) is 57.9 Å². The summed E-state index contributed by atoms with van der Waals surface area (Å²) in [5.74, 6) is -1.38. The summed E-state index contributed by atoms with van der Waals surface area (Å²) in [4.78, 5) is 23.9. The zero-order chi connectivity index (χ0) is 22.3. The van der Waals surface area contributed by atoms with E-state index in [4.69, 9.17) is 19.0 Å². The van der Waals surface area contributed by atoms with Crippen LogP contribution in [0.1, 0.15) is 0 Å². The number of fused-ring (bicyclic) bond motifs is 1. The first-order valence-electron chi connectivity index (χ1n) is 9.20. The van der Waals surface area contributed by atoms with Gasteiger partial charge in [0.1, 0.15) is 41.7 Å². The summed E-state index contributed by atoms with van der Waals surface area (Å²) in [5.41, 5.74) is 0.705. The van der Waals surface area contributed by atoms with Gasteiger partial charge in [0.25, 0.3) is 0 Å². The standard InChI is InChI=1S/C21H18O10/c22-10-3-6-12-14(7-10)29-8-13(15(12)23)9-1-4-11(5-2-9)30-21-18(26)16(24)17(25)19(31-21)20(27)28/h1-8,16-19,21-22,24-26H,(H,27,28)/t16?,17-,18?,19?,21+/m0/s1. The molecule has 0 aliphatic carbocycles. The summed E-state index contributed by atoms with van der Waals surface area (Å²) in [6.45, 7) is 0. The number of aliphatic carboxylic acids is 1. The number of carboxylic acid groups (broad SMARTS) is 1. The number of aliphatic hydroxyl groups excluding tert-OH is 3. The number of carboxylic acids is 1. The van der Waals surface area contributed by atoms with Gasteiger partial charge in [-0.15, -0.1) is 0 Å². The topological polar surface area (TPSA) is 167 Å². The fraction of sp³-hybridized carbons (Fsp3) is 0.238. The lowest BCUT2D eigenvalue weighted by Crippen LogP contribution is -2.61. The molecule has 0 amide bonds. The molecule has 2 heterocycles. The highest BCUT2D eigenvalue weighted by molar-refractivity contribution is 5.82. The lowest BCUT2D eigenvalue weighted by atomic mass is 9.99. The van der Waals surface area contributed by atoms with Gasteiger partial charge in [0.15, 0.2) is 11.5 Å². The van der Waals surface area contributed by atoms with Crippen molar-refractivity contribution in [3.05, 3.63) is 59.0 Å². The largest absolute Gasteiger partial charge is 0.508 e. The number of hydrogen-bond acceptors (Lipinski definition) is 9. The number of aliphatic hydroxyl groups is 3. The van der Waals surface area contributed by atoms with Gasteiger partial charge in [0.2, 0.25) is 6.29 Å². The van der Waals surface area contributed by atoms with Crippen molar-refractivity contribution in [2.24, 2.45) is 0 Å². The minimum atomic E-state index is -1.82. The monoisotopic (exact) mass is 430 g/mol. The third-order valence-corrected chi connectivity index (χ3v) is 4.99. The van der Waals surface area contributed by atoms with Gasteiger partial charge >= 0.3 is 5.97 Å². The third-order valence-electron chi connectivity index (χ3n) is 4.99. The zero-order valence-electron chi connectivity index (χ0n) is 15.8. The Kier molecular flexibility index (Phi) is 5.38. The third kappa shape index (κ3) is 3.84. The van der Waals surface area contributed by atoms with Gasteiger partial charge in [0.05, 0.1) is 10.9 Å². The molecule has 1 aliphatic heterocycles. The first-order valence-corrected chi connectivity index (χ1v) is 9.20. The Hall–Kier alpha value is -3.44. The lowest BCUT2D eigenvalue weighted by molar-refractivity contribution is -0.271. The minimum Gasteiger partial charge on any atom is -0.508 e. The lowest BCUT2D eigenvalue weighted by Gasteiger charge is -2.38. The van der Waals surface area contributed by atoms with Crippen LogP contribution < -0.4 is 10.2 Å². The summed E-state index contributed by atoms with van der Waals surface area (Å²) >= 11 is 0. The number of aromatic hydroxyl groups is 1. The minimum absolute atomic E-state index is 0.0280. The molecule has 2 aromatic carbocycles. The second-order valence-corrected chi connectivity index (χ2v) is 7.04. The number of hydrogen-bond donors (Lipinski definition) is 5. The number of rotatable bonds is 4. The second-order valence-electron chi connectivity index (χ2n) is 7.04. The van der Waals surface area contributed by atoms with Gasteiger partial charge in [-0.3, -0.25) is 4.79 Å². The summed E-state index contributed by atoms with van der Waals surface area (Å²) in [7, 11) is 0. The van der Waals surface area contributed by atoms with E-state index in [1.807, 2.05) is 0 Å². The van der Waals surface area contributed by atoms with Crippen molar-refractivity contribution in [1.29, 1.82) is 0 Å². The molecule has 3 unspecified atom stereocenters. The first-order chi connectivity index (χ1) is 14.8. The molecule has 1 saturated heterocycles. The van der Waals surface area contributed by atoms with Gasteiger partial charge in [0, 0.05) is 6.07 Å². The van der Waals surface area contributed by atoms with Crippen LogP contribution in [-0.2, 0) is 9.53 Å². The van der Waals surface area contributed by atoms with Gasteiger partial charge in [-0.1, -0.05) is 12.1 Å². The molecule has 10 nitrogen and oxygen atoms in total. The quantitative estimate of drug-likeness (QED) is 0.392. The highest BCUT2D eigenvalue weighted by Gasteiger charge is 2.48. The van der Waals surface area contributed by atoms with E-state index in [-0.39, 0.29) is 28.1 Å². The van der Waals surface area contributed by atoms with Gasteiger partial charge in [-0.2, -0.15) is 0 Å². The Labute approximate surface area is 174 Å². The average molecular weight is 430 g/mol. The number of phenols is 1. The molecular formula is C21H18O10. The van der Waals surface area contributed by atoms with Crippen LogP contribution in [0.2, 0.25) is 0 Å². The first kappa shape index (κ1) is 20.8. The summed E-state index contributed by atoms with van der Waals surface area (Å²) in [6, 6.07) is 10.2. The molecule has 10 heteroatoms. The van der Waals surface area contributed by atoms with Crippen LogP contribution in [0.4, 0.5) is 0 Å². The van der Waals surface area contributed by atoms with E-state index in [1.54, 1.807) is 12.1 Å².